The van der Waals surface area contributed by atoms with Crippen molar-refractivity contribution in [2.24, 2.45) is 0 Å². The quantitative estimate of drug-likeness (QED) is 0.255. The standard InChI is InChI=1S/C23H26FN10O10P2/c1-3-23-5-40-46(37)43-13-10(24)9(41-20(13)34-8-30-12-18(34)31-22(26)32-19(12)35)4-39-45(36)44-15(23)14(38-2)21(42-23)33-7-29-11-16(25)27-6-28-17(11)33/h6-10,13-15,20-21H,3-5H2,1-2H3,(H4-,25,26,27,28,31,32,35)/q+1/p+1/t9-,10-,13-,14-,15+,20-,21-,23-/m1/s1. The lowest BCUT2D eigenvalue weighted by Crippen LogP contribution is -2.47. The maximum absolute atomic E-state index is 15.8. The van der Waals surface area contributed by atoms with Crippen molar-refractivity contribution >= 4 is 50.6 Å². The number of hydrogen-bond acceptors (Lipinski definition) is 17. The second kappa shape index (κ2) is 11.9. The van der Waals surface area contributed by atoms with Gasteiger partial charge < -0.3 is 25.7 Å². The van der Waals surface area contributed by atoms with Crippen LogP contribution in [0.1, 0.15) is 25.8 Å². The van der Waals surface area contributed by atoms with Gasteiger partial charge in [0, 0.05) is 16.2 Å². The zero-order valence-electron chi connectivity index (χ0n) is 24.0. The molecular weight excluding hydrogens is 657 g/mol. The first-order chi connectivity index (χ1) is 22.1. The van der Waals surface area contributed by atoms with Gasteiger partial charge in [0.2, 0.25) is 5.95 Å². The molecule has 20 nitrogen and oxygen atoms in total. The topological polar surface area (TPSA) is 258 Å². The van der Waals surface area contributed by atoms with E-state index < -0.39 is 83.9 Å². The van der Waals surface area contributed by atoms with Gasteiger partial charge in [-0.15, -0.1) is 18.1 Å². The number of alkyl halides is 1. The number of nitrogen functional groups attached to an aromatic ring is 2. The number of anilines is 2. The number of aromatic amines is 1. The highest BCUT2D eigenvalue weighted by atomic mass is 31.1. The van der Waals surface area contributed by atoms with Crippen LogP contribution in [0.25, 0.3) is 22.3 Å². The Morgan fingerprint density at radius 1 is 1.07 bits per heavy atom. The molecule has 2 unspecified atom stereocenters. The minimum atomic E-state index is -3.04. The summed E-state index contributed by atoms with van der Waals surface area (Å²) in [6, 6.07) is 0. The maximum atomic E-state index is 15.8. The fraction of sp³-hybridized carbons (Fsp3) is 0.565. The van der Waals surface area contributed by atoms with E-state index in [4.69, 9.17) is 43.8 Å². The van der Waals surface area contributed by atoms with Crippen molar-refractivity contribution in [3.63, 3.8) is 0 Å². The number of nitrogens with one attached hydrogen (secondary N) is 1. The molecule has 2 bridgehead atoms. The van der Waals surface area contributed by atoms with Gasteiger partial charge in [-0.2, -0.15) is 4.98 Å². The number of nitrogens with zero attached hydrogens (tertiary/aromatic N) is 7. The largest absolute Gasteiger partial charge is 0.698 e. The lowest BCUT2D eigenvalue weighted by molar-refractivity contribution is -0.123. The number of fused-ring (bicyclic) bond motifs is 5. The van der Waals surface area contributed by atoms with Crippen LogP contribution in [0.15, 0.2) is 23.8 Å². The van der Waals surface area contributed by atoms with Crippen LogP contribution in [0.2, 0.25) is 0 Å². The van der Waals surface area contributed by atoms with Crippen LogP contribution in [0.5, 0.6) is 0 Å². The van der Waals surface area contributed by atoms with Crippen LogP contribution >= 0.6 is 16.5 Å². The van der Waals surface area contributed by atoms with Crippen LogP contribution in [0.3, 0.4) is 0 Å². The van der Waals surface area contributed by atoms with Gasteiger partial charge in [0.1, 0.15) is 42.9 Å². The molecule has 10 atom stereocenters. The molecular formula is C23H27FN10O10P2+2. The monoisotopic (exact) mass is 684 g/mol. The first-order valence-corrected chi connectivity index (χ1v) is 16.0. The molecule has 0 aliphatic carbocycles. The summed E-state index contributed by atoms with van der Waals surface area (Å²) in [7, 11) is -4.59. The van der Waals surface area contributed by atoms with E-state index in [1.165, 1.54) is 30.7 Å². The second-order valence-electron chi connectivity index (χ2n) is 10.6. The minimum absolute atomic E-state index is 0.0388. The van der Waals surface area contributed by atoms with E-state index in [0.29, 0.717) is 11.2 Å². The number of ether oxygens (including phenoxy) is 3. The summed E-state index contributed by atoms with van der Waals surface area (Å²) in [6.07, 6.45) is -5.28. The van der Waals surface area contributed by atoms with E-state index in [0.717, 1.165) is 0 Å². The number of nitrogens with two attached hydrogens (primary N) is 2. The number of imidazole rings is 2. The van der Waals surface area contributed by atoms with Gasteiger partial charge in [-0.25, -0.2) is 24.3 Å². The maximum Gasteiger partial charge on any atom is 0.698 e. The number of H-pyrrole nitrogens is 1. The third-order valence-electron chi connectivity index (χ3n) is 8.14. The summed E-state index contributed by atoms with van der Waals surface area (Å²) in [5, 5.41) is 0. The number of aromatic nitrogens is 8. The van der Waals surface area contributed by atoms with Crippen LogP contribution in [-0.2, 0) is 41.4 Å². The van der Waals surface area contributed by atoms with Crippen molar-refractivity contribution in [1.29, 1.82) is 0 Å². The third kappa shape index (κ3) is 5.04. The van der Waals surface area contributed by atoms with Gasteiger partial charge in [0.15, 0.2) is 53.5 Å². The van der Waals surface area contributed by atoms with Crippen molar-refractivity contribution in [3.8, 4) is 0 Å². The Balaban J connectivity index is 1.21. The molecule has 0 spiro atoms. The van der Waals surface area contributed by atoms with Gasteiger partial charge in [0.05, 0.1) is 12.7 Å². The van der Waals surface area contributed by atoms with E-state index in [-0.39, 0.29) is 29.4 Å². The lowest BCUT2D eigenvalue weighted by atomic mass is 9.93. The van der Waals surface area contributed by atoms with Gasteiger partial charge in [-0.05, 0) is 6.42 Å². The highest BCUT2D eigenvalue weighted by Gasteiger charge is 2.63. The molecule has 3 aliphatic heterocycles. The van der Waals surface area contributed by atoms with E-state index in [1.807, 2.05) is 0 Å². The molecule has 7 heterocycles. The Bertz CT molecular complexity index is 1890. The van der Waals surface area contributed by atoms with Crippen molar-refractivity contribution in [1.82, 2.24) is 39.0 Å². The zero-order valence-corrected chi connectivity index (χ0v) is 25.8. The Morgan fingerprint density at radius 3 is 2.57 bits per heavy atom. The molecule has 0 saturated carbocycles. The summed E-state index contributed by atoms with van der Waals surface area (Å²) < 4.78 is 85.8. The van der Waals surface area contributed by atoms with Crippen LogP contribution in [-0.4, -0.2) is 95.6 Å². The van der Waals surface area contributed by atoms with Crippen LogP contribution in [0, 0.1) is 0 Å². The zero-order chi connectivity index (χ0) is 32.3. The van der Waals surface area contributed by atoms with Crippen molar-refractivity contribution in [2.45, 2.75) is 62.0 Å². The normalized spacial score (nSPS) is 33.9. The molecule has 46 heavy (non-hydrogen) atoms. The summed E-state index contributed by atoms with van der Waals surface area (Å²) in [5.74, 6) is -0.0786. The minimum Gasteiger partial charge on any atom is -0.382 e. The fourth-order valence-corrected chi connectivity index (χ4v) is 7.47. The second-order valence-corrected chi connectivity index (χ2v) is 12.4. The Hall–Kier alpha value is -3.65. The third-order valence-corrected chi connectivity index (χ3v) is 9.65. The van der Waals surface area contributed by atoms with Gasteiger partial charge >= 0.3 is 16.5 Å². The Morgan fingerprint density at radius 2 is 1.80 bits per heavy atom. The lowest BCUT2D eigenvalue weighted by Gasteiger charge is -2.28. The average molecular weight is 684 g/mol. The SMILES string of the molecule is CC[C@@]12CO[P+](=O)O[C@@H]3[C@H](F)[C@@H](CO[P+](=O)O[C@H]1[C@@H](OC)[C@H](n1cnc4c(N)ncnc41)O2)O[C@H]3n1cnc2c(=O)[nH]c(N)nc21. The number of hydrogen-bond donors (Lipinski definition) is 3. The summed E-state index contributed by atoms with van der Waals surface area (Å²) in [5.41, 5.74) is 10.1. The van der Waals surface area contributed by atoms with Crippen LogP contribution < -0.4 is 17.0 Å². The molecule has 0 amide bonds. The fourth-order valence-electron chi connectivity index (χ4n) is 5.84. The van der Waals surface area contributed by atoms with Crippen LogP contribution in [0.4, 0.5) is 16.2 Å². The first-order valence-electron chi connectivity index (χ1n) is 13.8. The van der Waals surface area contributed by atoms with E-state index in [2.05, 4.69) is 29.9 Å². The first kappa shape index (κ1) is 31.0. The molecule has 0 radical (unpaired) electrons. The Kier molecular flexibility index (Phi) is 7.98. The predicted molar refractivity (Wildman–Crippen MR) is 152 cm³/mol. The molecule has 3 saturated heterocycles. The van der Waals surface area contributed by atoms with Gasteiger partial charge in [0.25, 0.3) is 5.56 Å². The summed E-state index contributed by atoms with van der Waals surface area (Å²) in [4.78, 5) is 35.2. The van der Waals surface area contributed by atoms with Crippen molar-refractivity contribution < 1.29 is 45.8 Å². The number of rotatable bonds is 4. The van der Waals surface area contributed by atoms with E-state index in [9.17, 15) is 13.9 Å². The predicted octanol–water partition coefficient (Wildman–Crippen LogP) is 1.18. The van der Waals surface area contributed by atoms with E-state index >= 15 is 4.39 Å². The molecule has 0 aromatic carbocycles. The van der Waals surface area contributed by atoms with Crippen molar-refractivity contribution in [3.05, 3.63) is 29.3 Å². The molecule has 5 N–H and O–H groups in total. The highest BCUT2D eigenvalue weighted by Crippen LogP contribution is 2.50. The molecule has 4 aromatic heterocycles. The van der Waals surface area contributed by atoms with Crippen molar-refractivity contribution in [2.75, 3.05) is 31.8 Å². The average Bonchev–Trinajstić information content (AvgIpc) is 3.79. The number of halogens is 1. The molecule has 7 rings (SSSR count). The Labute approximate surface area is 258 Å². The summed E-state index contributed by atoms with van der Waals surface area (Å²) >= 11 is 0. The summed E-state index contributed by atoms with van der Waals surface area (Å²) in [6.45, 7) is 0.741. The van der Waals surface area contributed by atoms with Gasteiger partial charge in [-0.1, -0.05) is 6.92 Å². The molecule has 3 fully saturated rings. The molecule has 3 aliphatic rings. The molecule has 4 aromatic rings. The van der Waals surface area contributed by atoms with E-state index in [1.54, 1.807) is 11.5 Å². The highest BCUT2D eigenvalue weighted by molar-refractivity contribution is 7.33. The van der Waals surface area contributed by atoms with Gasteiger partial charge in [-0.3, -0.25) is 18.9 Å². The molecule has 23 heteroatoms. The molecule has 244 valence electrons. The number of methoxy groups -OCH3 is 1. The smallest absolute Gasteiger partial charge is 0.382 e.